The molecule has 0 aliphatic carbocycles. The van der Waals surface area contributed by atoms with Crippen molar-refractivity contribution >= 4 is 0 Å². The molecule has 76 valence electrons. The van der Waals surface area contributed by atoms with Crippen LogP contribution in [0.5, 0.6) is 0 Å². The summed E-state index contributed by atoms with van der Waals surface area (Å²) in [5.41, 5.74) is 8.79. The maximum atomic E-state index is 6.02. The molecule has 1 aliphatic heterocycles. The van der Waals surface area contributed by atoms with Gasteiger partial charge in [0.2, 0.25) is 0 Å². The van der Waals surface area contributed by atoms with Gasteiger partial charge in [-0.1, -0.05) is 31.2 Å². The van der Waals surface area contributed by atoms with E-state index in [0.717, 1.165) is 19.5 Å². The Labute approximate surface area is 85.5 Å². The Morgan fingerprint density at radius 1 is 1.29 bits per heavy atom. The zero-order valence-corrected chi connectivity index (χ0v) is 8.66. The minimum absolute atomic E-state index is 0.280. The summed E-state index contributed by atoms with van der Waals surface area (Å²) in [4.78, 5) is 0. The van der Waals surface area contributed by atoms with Crippen LogP contribution in [0, 0.1) is 0 Å². The molecule has 0 amide bonds. The molecule has 0 unspecified atom stereocenters. The molecular formula is C12H18N2. The first kappa shape index (κ1) is 9.69. The van der Waals surface area contributed by atoms with Gasteiger partial charge in [-0.05, 0) is 17.5 Å². The molecule has 2 atom stereocenters. The molecule has 1 aromatic carbocycles. The van der Waals surface area contributed by atoms with Gasteiger partial charge in [-0.3, -0.25) is 0 Å². The molecule has 2 nitrogen and oxygen atoms in total. The van der Waals surface area contributed by atoms with Crippen LogP contribution in [-0.2, 0) is 6.42 Å². The van der Waals surface area contributed by atoms with Gasteiger partial charge in [-0.2, -0.15) is 0 Å². The maximum absolute atomic E-state index is 6.02. The SMILES string of the molecule is CCc1ccc([C@@H]2CNC[C@H]2N)cc1. The highest BCUT2D eigenvalue weighted by Crippen LogP contribution is 2.21. The largest absolute Gasteiger partial charge is 0.326 e. The normalized spacial score (nSPS) is 26.7. The lowest BCUT2D eigenvalue weighted by atomic mass is 9.94. The third-order valence-corrected chi connectivity index (χ3v) is 3.08. The molecule has 1 aromatic rings. The second-order valence-electron chi connectivity index (χ2n) is 4.02. The summed E-state index contributed by atoms with van der Waals surface area (Å²) in [6.45, 7) is 4.14. The quantitative estimate of drug-likeness (QED) is 0.737. The van der Waals surface area contributed by atoms with Crippen LogP contribution < -0.4 is 11.1 Å². The summed E-state index contributed by atoms with van der Waals surface area (Å²) in [5, 5.41) is 3.32. The molecule has 14 heavy (non-hydrogen) atoms. The zero-order chi connectivity index (χ0) is 9.97. The van der Waals surface area contributed by atoms with Gasteiger partial charge in [0.1, 0.15) is 0 Å². The number of rotatable bonds is 2. The van der Waals surface area contributed by atoms with E-state index in [9.17, 15) is 0 Å². The molecule has 0 spiro atoms. The van der Waals surface area contributed by atoms with Crippen molar-refractivity contribution in [3.63, 3.8) is 0 Å². The van der Waals surface area contributed by atoms with E-state index >= 15 is 0 Å². The van der Waals surface area contributed by atoms with Gasteiger partial charge in [0.05, 0.1) is 0 Å². The lowest BCUT2D eigenvalue weighted by molar-refractivity contribution is 0.653. The summed E-state index contributed by atoms with van der Waals surface area (Å²) in [5.74, 6) is 0.501. The van der Waals surface area contributed by atoms with Crippen molar-refractivity contribution in [1.29, 1.82) is 0 Å². The number of nitrogens with one attached hydrogen (secondary N) is 1. The van der Waals surface area contributed by atoms with Crippen LogP contribution in [0.25, 0.3) is 0 Å². The maximum Gasteiger partial charge on any atom is 0.0247 e. The number of hydrogen-bond acceptors (Lipinski definition) is 2. The first-order chi connectivity index (χ1) is 6.81. The molecule has 0 saturated carbocycles. The van der Waals surface area contributed by atoms with E-state index in [2.05, 4.69) is 36.5 Å². The molecular weight excluding hydrogens is 172 g/mol. The fourth-order valence-electron chi connectivity index (χ4n) is 2.06. The van der Waals surface area contributed by atoms with Gasteiger partial charge in [-0.15, -0.1) is 0 Å². The number of nitrogens with two attached hydrogens (primary N) is 1. The van der Waals surface area contributed by atoms with Crippen molar-refractivity contribution < 1.29 is 0 Å². The van der Waals surface area contributed by atoms with Crippen LogP contribution in [0.2, 0.25) is 0 Å². The second kappa shape index (κ2) is 4.11. The summed E-state index contributed by atoms with van der Waals surface area (Å²) in [7, 11) is 0. The highest BCUT2D eigenvalue weighted by atomic mass is 15.0. The highest BCUT2D eigenvalue weighted by molar-refractivity contribution is 5.27. The lowest BCUT2D eigenvalue weighted by Gasteiger charge is -2.14. The van der Waals surface area contributed by atoms with E-state index in [1.165, 1.54) is 11.1 Å². The first-order valence-corrected chi connectivity index (χ1v) is 5.36. The monoisotopic (exact) mass is 190 g/mol. The van der Waals surface area contributed by atoms with Crippen molar-refractivity contribution in [2.75, 3.05) is 13.1 Å². The van der Waals surface area contributed by atoms with Crippen LogP contribution in [0.15, 0.2) is 24.3 Å². The fourth-order valence-corrected chi connectivity index (χ4v) is 2.06. The van der Waals surface area contributed by atoms with Gasteiger partial charge in [0.25, 0.3) is 0 Å². The standard InChI is InChI=1S/C12H18N2/c1-2-9-3-5-10(6-4-9)11-7-14-8-12(11)13/h3-6,11-12,14H,2,7-8,13H2,1H3/t11-,12+/m0/s1. The molecule has 0 radical (unpaired) electrons. The number of hydrogen-bond donors (Lipinski definition) is 2. The first-order valence-electron chi connectivity index (χ1n) is 5.36. The predicted octanol–water partition coefficient (Wildman–Crippen LogP) is 1.26. The third-order valence-electron chi connectivity index (χ3n) is 3.08. The Kier molecular flexibility index (Phi) is 2.85. The number of aryl methyl sites for hydroxylation is 1. The summed E-state index contributed by atoms with van der Waals surface area (Å²) < 4.78 is 0. The predicted molar refractivity (Wildman–Crippen MR) is 59.4 cm³/mol. The molecule has 2 rings (SSSR count). The van der Waals surface area contributed by atoms with Crippen molar-refractivity contribution in [2.24, 2.45) is 5.73 Å². The van der Waals surface area contributed by atoms with E-state index in [-0.39, 0.29) is 6.04 Å². The summed E-state index contributed by atoms with van der Waals surface area (Å²) in [6, 6.07) is 9.13. The van der Waals surface area contributed by atoms with Crippen LogP contribution in [0.4, 0.5) is 0 Å². The van der Waals surface area contributed by atoms with Crippen molar-refractivity contribution in [1.82, 2.24) is 5.32 Å². The lowest BCUT2D eigenvalue weighted by Crippen LogP contribution is -2.27. The third kappa shape index (κ3) is 1.81. The molecule has 2 heteroatoms. The zero-order valence-electron chi connectivity index (χ0n) is 8.66. The fraction of sp³-hybridized carbons (Fsp3) is 0.500. The van der Waals surface area contributed by atoms with E-state index in [1.54, 1.807) is 0 Å². The summed E-state index contributed by atoms with van der Waals surface area (Å²) >= 11 is 0. The Morgan fingerprint density at radius 2 is 2.00 bits per heavy atom. The smallest absolute Gasteiger partial charge is 0.0247 e. The molecule has 3 N–H and O–H groups in total. The van der Waals surface area contributed by atoms with Gasteiger partial charge < -0.3 is 11.1 Å². The van der Waals surface area contributed by atoms with Gasteiger partial charge in [-0.25, -0.2) is 0 Å². The van der Waals surface area contributed by atoms with E-state index < -0.39 is 0 Å². The van der Waals surface area contributed by atoms with Crippen LogP contribution in [0.1, 0.15) is 24.0 Å². The summed E-state index contributed by atoms with van der Waals surface area (Å²) in [6.07, 6.45) is 1.11. The van der Waals surface area contributed by atoms with Gasteiger partial charge >= 0.3 is 0 Å². The Hall–Kier alpha value is -0.860. The minimum Gasteiger partial charge on any atom is -0.326 e. The topological polar surface area (TPSA) is 38.0 Å². The van der Waals surface area contributed by atoms with Crippen LogP contribution >= 0.6 is 0 Å². The average Bonchev–Trinajstić information content (AvgIpc) is 2.65. The van der Waals surface area contributed by atoms with E-state index in [4.69, 9.17) is 5.73 Å². The van der Waals surface area contributed by atoms with Crippen molar-refractivity contribution in [2.45, 2.75) is 25.3 Å². The molecule has 1 fully saturated rings. The highest BCUT2D eigenvalue weighted by Gasteiger charge is 2.24. The molecule has 0 bridgehead atoms. The minimum atomic E-state index is 0.280. The van der Waals surface area contributed by atoms with E-state index in [1.807, 2.05) is 0 Å². The molecule has 1 aliphatic rings. The average molecular weight is 190 g/mol. The second-order valence-corrected chi connectivity index (χ2v) is 4.02. The Morgan fingerprint density at radius 3 is 2.50 bits per heavy atom. The van der Waals surface area contributed by atoms with Crippen LogP contribution in [-0.4, -0.2) is 19.1 Å². The number of benzene rings is 1. The Bertz CT molecular complexity index is 292. The van der Waals surface area contributed by atoms with E-state index in [0.29, 0.717) is 5.92 Å². The molecule has 1 saturated heterocycles. The van der Waals surface area contributed by atoms with Gasteiger partial charge in [0, 0.05) is 25.0 Å². The van der Waals surface area contributed by atoms with Crippen molar-refractivity contribution in [3.8, 4) is 0 Å². The Balaban J connectivity index is 2.16. The van der Waals surface area contributed by atoms with Crippen molar-refractivity contribution in [3.05, 3.63) is 35.4 Å². The molecule has 0 aromatic heterocycles. The van der Waals surface area contributed by atoms with Gasteiger partial charge in [0.15, 0.2) is 0 Å². The molecule has 1 heterocycles. The van der Waals surface area contributed by atoms with Crippen LogP contribution in [0.3, 0.4) is 0 Å².